The van der Waals surface area contributed by atoms with Crippen molar-refractivity contribution in [2.24, 2.45) is 0 Å². The molecule has 7 nitrogen and oxygen atoms in total. The zero-order chi connectivity index (χ0) is 14.8. The summed E-state index contributed by atoms with van der Waals surface area (Å²) in [5.74, 6) is 0.345. The number of aromatic nitrogens is 2. The zero-order valence-electron chi connectivity index (χ0n) is 10.0. The lowest BCUT2D eigenvalue weighted by atomic mass is 10.3. The van der Waals surface area contributed by atoms with Crippen LogP contribution >= 0.6 is 27.5 Å². The predicted molar refractivity (Wildman–Crippen MR) is 76.8 cm³/mol. The van der Waals surface area contributed by atoms with E-state index >= 15 is 0 Å². The fourth-order valence-electron chi connectivity index (χ4n) is 1.46. The summed E-state index contributed by atoms with van der Waals surface area (Å²) in [7, 11) is -3.74. The van der Waals surface area contributed by atoms with Gasteiger partial charge in [0, 0.05) is 23.7 Å². The second-order valence-electron chi connectivity index (χ2n) is 3.79. The number of anilines is 1. The standard InChI is InChI=1S/C10H10BrClN4O3S/c11-10-7(13)3-6(12)4-8(10)20(17,18)16-2-1-9-14-5-15-19-9/h3-5,16H,1-2,13H2. The third kappa shape index (κ3) is 3.48. The van der Waals surface area contributed by atoms with E-state index in [9.17, 15) is 8.42 Å². The van der Waals surface area contributed by atoms with Gasteiger partial charge in [-0.15, -0.1) is 0 Å². The molecule has 0 aliphatic heterocycles. The number of benzene rings is 1. The molecular formula is C10H10BrClN4O3S. The highest BCUT2D eigenvalue weighted by Gasteiger charge is 2.20. The Morgan fingerprint density at radius 1 is 1.45 bits per heavy atom. The first kappa shape index (κ1) is 15.2. The van der Waals surface area contributed by atoms with Gasteiger partial charge in [-0.1, -0.05) is 16.8 Å². The molecule has 0 fully saturated rings. The Morgan fingerprint density at radius 3 is 2.85 bits per heavy atom. The molecule has 0 aliphatic rings. The molecule has 2 aromatic rings. The van der Waals surface area contributed by atoms with Crippen molar-refractivity contribution in [3.05, 3.63) is 33.8 Å². The number of halogens is 2. The van der Waals surface area contributed by atoms with E-state index in [1.165, 1.54) is 18.5 Å². The van der Waals surface area contributed by atoms with E-state index in [4.69, 9.17) is 21.9 Å². The topological polar surface area (TPSA) is 111 Å². The van der Waals surface area contributed by atoms with Crippen LogP contribution in [0.25, 0.3) is 0 Å². The van der Waals surface area contributed by atoms with Crippen LogP contribution < -0.4 is 10.5 Å². The Bertz CT molecular complexity index is 706. The third-order valence-corrected chi connectivity index (χ3v) is 5.21. The summed E-state index contributed by atoms with van der Waals surface area (Å²) in [6, 6.07) is 2.78. The normalized spacial score (nSPS) is 11.7. The van der Waals surface area contributed by atoms with Crippen molar-refractivity contribution in [1.82, 2.24) is 14.9 Å². The molecule has 0 amide bonds. The second-order valence-corrected chi connectivity index (χ2v) is 6.75. The summed E-state index contributed by atoms with van der Waals surface area (Å²) in [5.41, 5.74) is 5.91. The first-order valence-electron chi connectivity index (χ1n) is 5.40. The SMILES string of the molecule is Nc1cc(Cl)cc(S(=O)(=O)NCCc2ncno2)c1Br. The molecule has 0 bridgehead atoms. The highest BCUT2D eigenvalue weighted by Crippen LogP contribution is 2.31. The second kappa shape index (κ2) is 6.08. The highest BCUT2D eigenvalue weighted by atomic mass is 79.9. The molecule has 108 valence electrons. The van der Waals surface area contributed by atoms with Gasteiger partial charge < -0.3 is 10.3 Å². The number of nitrogens with one attached hydrogen (secondary N) is 1. The zero-order valence-corrected chi connectivity index (χ0v) is 13.2. The molecule has 0 unspecified atom stereocenters. The molecule has 3 N–H and O–H groups in total. The summed E-state index contributed by atoms with van der Waals surface area (Å²) in [6.07, 6.45) is 1.53. The van der Waals surface area contributed by atoms with Crippen molar-refractivity contribution in [3.63, 3.8) is 0 Å². The maximum atomic E-state index is 12.2. The molecule has 0 radical (unpaired) electrons. The van der Waals surface area contributed by atoms with Crippen LogP contribution in [-0.4, -0.2) is 25.1 Å². The summed E-state index contributed by atoms with van der Waals surface area (Å²) in [5, 5.41) is 3.67. The molecular weight excluding hydrogens is 372 g/mol. The van der Waals surface area contributed by atoms with E-state index in [1.807, 2.05) is 0 Å². The van der Waals surface area contributed by atoms with Crippen LogP contribution in [0.3, 0.4) is 0 Å². The van der Waals surface area contributed by atoms with Gasteiger partial charge in [0.05, 0.1) is 9.37 Å². The van der Waals surface area contributed by atoms with Gasteiger partial charge >= 0.3 is 0 Å². The summed E-state index contributed by atoms with van der Waals surface area (Å²) in [4.78, 5) is 3.77. The number of sulfonamides is 1. The molecule has 0 saturated carbocycles. The van der Waals surface area contributed by atoms with Gasteiger partial charge in [0.2, 0.25) is 15.9 Å². The minimum Gasteiger partial charge on any atom is -0.398 e. The quantitative estimate of drug-likeness (QED) is 0.761. The van der Waals surface area contributed by atoms with Gasteiger partial charge in [0.25, 0.3) is 0 Å². The van der Waals surface area contributed by atoms with E-state index in [0.29, 0.717) is 5.89 Å². The largest absolute Gasteiger partial charge is 0.398 e. The van der Waals surface area contributed by atoms with Gasteiger partial charge in [0.1, 0.15) is 0 Å². The highest BCUT2D eigenvalue weighted by molar-refractivity contribution is 9.10. The molecule has 10 heteroatoms. The lowest BCUT2D eigenvalue weighted by molar-refractivity contribution is 0.377. The van der Waals surface area contributed by atoms with Crippen LogP contribution in [-0.2, 0) is 16.4 Å². The van der Waals surface area contributed by atoms with E-state index in [2.05, 4.69) is 30.8 Å². The Hall–Kier alpha value is -1.16. The van der Waals surface area contributed by atoms with E-state index in [0.717, 1.165) is 0 Å². The van der Waals surface area contributed by atoms with Crippen LogP contribution in [0.2, 0.25) is 5.02 Å². The molecule has 2 rings (SSSR count). The Labute approximate surface area is 128 Å². The number of hydrogen-bond acceptors (Lipinski definition) is 6. The maximum Gasteiger partial charge on any atom is 0.241 e. The van der Waals surface area contributed by atoms with E-state index in [1.54, 1.807) is 0 Å². The van der Waals surface area contributed by atoms with Gasteiger partial charge in [-0.05, 0) is 28.1 Å². The minimum absolute atomic E-state index is 0.0203. The van der Waals surface area contributed by atoms with Crippen LogP contribution in [0, 0.1) is 0 Å². The number of nitrogens with zero attached hydrogens (tertiary/aromatic N) is 2. The summed E-state index contributed by atoms with van der Waals surface area (Å²) < 4.78 is 31.8. The predicted octanol–water partition coefficient (Wildman–Crippen LogP) is 1.59. The van der Waals surface area contributed by atoms with Crippen molar-refractivity contribution >= 4 is 43.2 Å². The number of hydrogen-bond donors (Lipinski definition) is 2. The first-order valence-corrected chi connectivity index (χ1v) is 8.05. The number of nitrogens with two attached hydrogens (primary N) is 1. The van der Waals surface area contributed by atoms with Crippen molar-refractivity contribution < 1.29 is 12.9 Å². The monoisotopic (exact) mass is 380 g/mol. The molecule has 0 spiro atoms. The first-order chi connectivity index (χ1) is 9.40. The molecule has 1 aromatic heterocycles. The molecule has 0 aliphatic carbocycles. The fourth-order valence-corrected chi connectivity index (χ4v) is 3.78. The Balaban J connectivity index is 2.14. The van der Waals surface area contributed by atoms with Crippen LogP contribution in [0.5, 0.6) is 0 Å². The van der Waals surface area contributed by atoms with Crippen molar-refractivity contribution in [2.75, 3.05) is 12.3 Å². The molecule has 20 heavy (non-hydrogen) atoms. The smallest absolute Gasteiger partial charge is 0.241 e. The van der Waals surface area contributed by atoms with Crippen LogP contribution in [0.1, 0.15) is 5.89 Å². The Morgan fingerprint density at radius 2 is 2.20 bits per heavy atom. The number of nitrogen functional groups attached to an aromatic ring is 1. The molecule has 0 saturated heterocycles. The van der Waals surface area contributed by atoms with Gasteiger partial charge in [-0.25, -0.2) is 13.1 Å². The minimum atomic E-state index is -3.74. The summed E-state index contributed by atoms with van der Waals surface area (Å²) >= 11 is 8.95. The molecule has 1 aromatic carbocycles. The number of rotatable bonds is 5. The van der Waals surface area contributed by atoms with E-state index < -0.39 is 10.0 Å². The van der Waals surface area contributed by atoms with Crippen molar-refractivity contribution in [2.45, 2.75) is 11.3 Å². The molecule has 0 atom stereocenters. The third-order valence-electron chi connectivity index (χ3n) is 2.36. The van der Waals surface area contributed by atoms with Crippen molar-refractivity contribution in [1.29, 1.82) is 0 Å². The van der Waals surface area contributed by atoms with Gasteiger partial charge in [0.15, 0.2) is 6.33 Å². The fraction of sp³-hybridized carbons (Fsp3) is 0.200. The lowest BCUT2D eigenvalue weighted by Gasteiger charge is -2.10. The summed E-state index contributed by atoms with van der Waals surface area (Å²) in [6.45, 7) is 0.114. The average Bonchev–Trinajstić information content (AvgIpc) is 2.86. The Kier molecular flexibility index (Phi) is 4.63. The molecule has 1 heterocycles. The van der Waals surface area contributed by atoms with E-state index in [-0.39, 0.29) is 33.0 Å². The van der Waals surface area contributed by atoms with Gasteiger partial charge in [-0.3, -0.25) is 0 Å². The van der Waals surface area contributed by atoms with Crippen molar-refractivity contribution in [3.8, 4) is 0 Å². The van der Waals surface area contributed by atoms with Crippen LogP contribution in [0.15, 0.2) is 32.4 Å². The van der Waals surface area contributed by atoms with Crippen LogP contribution in [0.4, 0.5) is 5.69 Å². The lowest BCUT2D eigenvalue weighted by Crippen LogP contribution is -2.26. The maximum absolute atomic E-state index is 12.2. The average molecular weight is 382 g/mol. The van der Waals surface area contributed by atoms with Gasteiger partial charge in [-0.2, -0.15) is 4.98 Å².